The zero-order valence-corrected chi connectivity index (χ0v) is 12.9. The molecule has 1 unspecified atom stereocenters. The third kappa shape index (κ3) is 4.34. The van der Waals surface area contributed by atoms with E-state index in [1.54, 1.807) is 0 Å². The first-order chi connectivity index (χ1) is 9.69. The van der Waals surface area contributed by atoms with Crippen LogP contribution in [0.25, 0.3) is 0 Å². The number of aromatic nitrogens is 2. The van der Waals surface area contributed by atoms with Gasteiger partial charge < -0.3 is 15.0 Å². The number of nitrogens with zero attached hydrogens (tertiary/aromatic N) is 3. The number of likely N-dealkylation sites (N-methyl/N-ethyl adjacent to an activating group) is 1. The molecule has 0 aliphatic carbocycles. The molecule has 0 aromatic carbocycles. The van der Waals surface area contributed by atoms with E-state index in [1.165, 1.54) is 12.8 Å². The lowest BCUT2D eigenvalue weighted by Crippen LogP contribution is -2.34. The molecule has 1 aromatic rings. The van der Waals surface area contributed by atoms with Gasteiger partial charge in [0, 0.05) is 32.8 Å². The average molecular weight is 278 g/mol. The Balaban J connectivity index is 2.00. The minimum absolute atomic E-state index is 0.330. The van der Waals surface area contributed by atoms with E-state index < -0.39 is 0 Å². The van der Waals surface area contributed by atoms with Gasteiger partial charge in [0.1, 0.15) is 17.5 Å². The minimum Gasteiger partial charge on any atom is -0.376 e. The molecule has 1 aliphatic heterocycles. The van der Waals surface area contributed by atoms with Crippen LogP contribution in [0.4, 0.5) is 11.6 Å². The van der Waals surface area contributed by atoms with Gasteiger partial charge in [-0.15, -0.1) is 0 Å². The van der Waals surface area contributed by atoms with E-state index in [9.17, 15) is 0 Å². The lowest BCUT2D eigenvalue weighted by Gasteiger charge is -2.28. The summed E-state index contributed by atoms with van der Waals surface area (Å²) in [5.41, 5.74) is 0. The fourth-order valence-corrected chi connectivity index (χ4v) is 2.44. The molecule has 1 saturated heterocycles. The molecule has 1 fully saturated rings. The van der Waals surface area contributed by atoms with Crippen molar-refractivity contribution >= 4 is 11.6 Å². The highest BCUT2D eigenvalue weighted by molar-refractivity contribution is 5.49. The fourth-order valence-electron chi connectivity index (χ4n) is 2.44. The van der Waals surface area contributed by atoms with Crippen LogP contribution in [0, 0.1) is 6.92 Å². The van der Waals surface area contributed by atoms with Crippen LogP contribution < -0.4 is 10.2 Å². The number of aryl methyl sites for hydroxylation is 1. The predicted molar refractivity (Wildman–Crippen MR) is 82.4 cm³/mol. The van der Waals surface area contributed by atoms with Gasteiger partial charge in [0.2, 0.25) is 0 Å². The monoisotopic (exact) mass is 278 g/mol. The summed E-state index contributed by atoms with van der Waals surface area (Å²) in [6.45, 7) is 6.81. The number of hydrogen-bond donors (Lipinski definition) is 1. The smallest absolute Gasteiger partial charge is 0.134 e. The van der Waals surface area contributed by atoms with Gasteiger partial charge in [0.25, 0.3) is 0 Å². The summed E-state index contributed by atoms with van der Waals surface area (Å²) in [5, 5.41) is 3.33. The number of ether oxygens (including phenoxy) is 1. The number of anilines is 2. The van der Waals surface area contributed by atoms with Gasteiger partial charge in [-0.05, 0) is 32.6 Å². The molecule has 0 bridgehead atoms. The van der Waals surface area contributed by atoms with Gasteiger partial charge in [0.05, 0.1) is 6.10 Å². The Hall–Kier alpha value is -1.36. The molecule has 5 heteroatoms. The molecule has 0 radical (unpaired) electrons. The van der Waals surface area contributed by atoms with Gasteiger partial charge in [-0.2, -0.15) is 0 Å². The van der Waals surface area contributed by atoms with E-state index in [0.29, 0.717) is 6.10 Å². The molecule has 2 rings (SSSR count). The normalized spacial score (nSPS) is 18.9. The van der Waals surface area contributed by atoms with Crippen molar-refractivity contribution in [3.05, 3.63) is 11.9 Å². The number of hydrogen-bond acceptors (Lipinski definition) is 5. The SMILES string of the molecule is CCCNc1cc(N(C)CC2CCCCO2)nc(C)n1. The van der Waals surface area contributed by atoms with Crippen LogP contribution in [-0.2, 0) is 4.74 Å². The number of nitrogens with one attached hydrogen (secondary N) is 1. The fraction of sp³-hybridized carbons (Fsp3) is 0.733. The second-order valence-electron chi connectivity index (χ2n) is 5.45. The zero-order valence-electron chi connectivity index (χ0n) is 12.9. The maximum Gasteiger partial charge on any atom is 0.134 e. The third-order valence-corrected chi connectivity index (χ3v) is 3.52. The van der Waals surface area contributed by atoms with Crippen LogP contribution in [0.15, 0.2) is 6.07 Å². The predicted octanol–water partition coefficient (Wildman–Crippen LogP) is 2.61. The largest absolute Gasteiger partial charge is 0.376 e. The molecule has 1 atom stereocenters. The Labute approximate surface area is 121 Å². The van der Waals surface area contributed by atoms with E-state index >= 15 is 0 Å². The maximum atomic E-state index is 5.79. The number of rotatable bonds is 6. The molecule has 0 spiro atoms. The summed E-state index contributed by atoms with van der Waals surface area (Å²) >= 11 is 0. The quantitative estimate of drug-likeness (QED) is 0.867. The first-order valence-electron chi connectivity index (χ1n) is 7.61. The zero-order chi connectivity index (χ0) is 14.4. The molecule has 1 N–H and O–H groups in total. The van der Waals surface area contributed by atoms with Crippen LogP contribution >= 0.6 is 0 Å². The molecule has 1 aliphatic rings. The van der Waals surface area contributed by atoms with Crippen molar-refractivity contribution in [2.75, 3.05) is 37.0 Å². The Morgan fingerprint density at radius 3 is 2.95 bits per heavy atom. The summed E-state index contributed by atoms with van der Waals surface area (Å²) in [7, 11) is 2.07. The van der Waals surface area contributed by atoms with Crippen LogP contribution in [0.5, 0.6) is 0 Å². The molecule has 2 heterocycles. The summed E-state index contributed by atoms with van der Waals surface area (Å²) in [4.78, 5) is 11.1. The van der Waals surface area contributed by atoms with E-state index in [2.05, 4.69) is 34.2 Å². The van der Waals surface area contributed by atoms with Crippen molar-refractivity contribution in [1.29, 1.82) is 0 Å². The van der Waals surface area contributed by atoms with Crippen LogP contribution in [0.2, 0.25) is 0 Å². The average Bonchev–Trinajstić information content (AvgIpc) is 2.45. The maximum absolute atomic E-state index is 5.79. The van der Waals surface area contributed by atoms with E-state index in [0.717, 1.165) is 50.0 Å². The Bertz CT molecular complexity index is 418. The van der Waals surface area contributed by atoms with Gasteiger partial charge >= 0.3 is 0 Å². The molecule has 5 nitrogen and oxygen atoms in total. The van der Waals surface area contributed by atoms with Crippen molar-refractivity contribution in [3.8, 4) is 0 Å². The molecule has 20 heavy (non-hydrogen) atoms. The van der Waals surface area contributed by atoms with Crippen molar-refractivity contribution < 1.29 is 4.74 Å². The van der Waals surface area contributed by atoms with Crippen molar-refractivity contribution in [1.82, 2.24) is 9.97 Å². The molecule has 0 saturated carbocycles. The first kappa shape index (κ1) is 15.0. The van der Waals surface area contributed by atoms with Gasteiger partial charge in [-0.25, -0.2) is 9.97 Å². The van der Waals surface area contributed by atoms with Crippen LogP contribution in [-0.4, -0.2) is 42.8 Å². The molecule has 0 amide bonds. The van der Waals surface area contributed by atoms with E-state index in [-0.39, 0.29) is 0 Å². The van der Waals surface area contributed by atoms with Gasteiger partial charge in [-0.3, -0.25) is 0 Å². The topological polar surface area (TPSA) is 50.3 Å². The highest BCUT2D eigenvalue weighted by Crippen LogP contribution is 2.18. The standard InChI is InChI=1S/C15H26N4O/c1-4-8-16-14-10-15(18-12(2)17-14)19(3)11-13-7-5-6-9-20-13/h10,13H,4-9,11H2,1-3H3,(H,16,17,18). The highest BCUT2D eigenvalue weighted by atomic mass is 16.5. The summed E-state index contributed by atoms with van der Waals surface area (Å²) in [5.74, 6) is 2.67. The van der Waals surface area contributed by atoms with Crippen LogP contribution in [0.1, 0.15) is 38.4 Å². The Morgan fingerprint density at radius 1 is 1.40 bits per heavy atom. The van der Waals surface area contributed by atoms with E-state index in [4.69, 9.17) is 4.74 Å². The lowest BCUT2D eigenvalue weighted by atomic mass is 10.1. The Morgan fingerprint density at radius 2 is 2.25 bits per heavy atom. The first-order valence-corrected chi connectivity index (χ1v) is 7.61. The summed E-state index contributed by atoms with van der Waals surface area (Å²) < 4.78 is 5.79. The second-order valence-corrected chi connectivity index (χ2v) is 5.45. The molecule has 112 valence electrons. The van der Waals surface area contributed by atoms with E-state index in [1.807, 2.05) is 13.0 Å². The van der Waals surface area contributed by atoms with Crippen LogP contribution in [0.3, 0.4) is 0 Å². The molecular weight excluding hydrogens is 252 g/mol. The lowest BCUT2D eigenvalue weighted by molar-refractivity contribution is 0.0215. The van der Waals surface area contributed by atoms with Crippen molar-refractivity contribution in [2.24, 2.45) is 0 Å². The molecule has 1 aromatic heterocycles. The van der Waals surface area contributed by atoms with Crippen molar-refractivity contribution in [3.63, 3.8) is 0 Å². The second kappa shape index (κ2) is 7.43. The Kier molecular flexibility index (Phi) is 5.59. The summed E-state index contributed by atoms with van der Waals surface area (Å²) in [6.07, 6.45) is 5.03. The summed E-state index contributed by atoms with van der Waals surface area (Å²) in [6, 6.07) is 2.02. The van der Waals surface area contributed by atoms with Gasteiger partial charge in [-0.1, -0.05) is 6.92 Å². The highest BCUT2D eigenvalue weighted by Gasteiger charge is 2.17. The third-order valence-electron chi connectivity index (χ3n) is 3.52. The van der Waals surface area contributed by atoms with Crippen molar-refractivity contribution in [2.45, 2.75) is 45.6 Å². The molecular formula is C15H26N4O. The minimum atomic E-state index is 0.330. The van der Waals surface area contributed by atoms with Gasteiger partial charge in [0.15, 0.2) is 0 Å².